The van der Waals surface area contributed by atoms with Crippen LogP contribution in [-0.2, 0) is 0 Å². The number of aliphatic hydroxyl groups excluding tert-OH is 1. The molecule has 66 valence electrons. The maximum Gasteiger partial charge on any atom is 0.0641 e. The molecule has 1 fully saturated rings. The summed E-state index contributed by atoms with van der Waals surface area (Å²) >= 11 is 0. The number of nitrogens with zero attached hydrogens (tertiary/aromatic N) is 1. The zero-order valence-electron chi connectivity index (χ0n) is 7.96. The first-order valence-electron chi connectivity index (χ1n) is 4.28. The Balaban J connectivity index is 2.38. The average Bonchev–Trinajstić information content (AvgIpc) is 1.77. The van der Waals surface area contributed by atoms with Gasteiger partial charge in [0.15, 0.2) is 0 Å². The molecule has 0 bridgehead atoms. The molecule has 2 nitrogen and oxygen atoms in total. The maximum atomic E-state index is 9.80. The zero-order chi connectivity index (χ0) is 8.65. The van der Waals surface area contributed by atoms with Crippen molar-refractivity contribution in [3.8, 4) is 0 Å². The van der Waals surface area contributed by atoms with Crippen molar-refractivity contribution < 1.29 is 5.11 Å². The van der Waals surface area contributed by atoms with Crippen LogP contribution in [0.25, 0.3) is 0 Å². The number of hydrogen-bond acceptors (Lipinski definition) is 2. The first kappa shape index (κ1) is 9.01. The summed E-state index contributed by atoms with van der Waals surface area (Å²) in [6.45, 7) is 8.39. The van der Waals surface area contributed by atoms with E-state index in [1.165, 1.54) is 0 Å². The Morgan fingerprint density at radius 1 is 1.36 bits per heavy atom. The fourth-order valence-corrected chi connectivity index (χ4v) is 1.65. The highest BCUT2D eigenvalue weighted by Gasteiger charge is 2.36. The van der Waals surface area contributed by atoms with Crippen molar-refractivity contribution in [1.29, 1.82) is 0 Å². The van der Waals surface area contributed by atoms with Gasteiger partial charge in [-0.1, -0.05) is 20.8 Å². The second-order valence-corrected chi connectivity index (χ2v) is 4.79. The monoisotopic (exact) mass is 157 g/mol. The minimum absolute atomic E-state index is 0.0475. The third kappa shape index (κ3) is 1.94. The van der Waals surface area contributed by atoms with Crippen molar-refractivity contribution in [2.75, 3.05) is 20.1 Å². The van der Waals surface area contributed by atoms with Crippen molar-refractivity contribution in [2.45, 2.75) is 26.9 Å². The van der Waals surface area contributed by atoms with E-state index in [4.69, 9.17) is 0 Å². The van der Waals surface area contributed by atoms with E-state index in [1.807, 2.05) is 0 Å². The molecular formula is C9H19NO. The normalized spacial score (nSPS) is 24.8. The molecule has 0 spiro atoms. The molecule has 1 aliphatic rings. The van der Waals surface area contributed by atoms with E-state index >= 15 is 0 Å². The fraction of sp³-hybridized carbons (Fsp3) is 1.00. The molecule has 1 aliphatic heterocycles. The van der Waals surface area contributed by atoms with Crippen LogP contribution in [-0.4, -0.2) is 36.2 Å². The highest BCUT2D eigenvalue weighted by atomic mass is 16.3. The summed E-state index contributed by atoms with van der Waals surface area (Å²) in [5.41, 5.74) is 0.0475. The molecule has 1 N–H and O–H groups in total. The van der Waals surface area contributed by atoms with Gasteiger partial charge in [-0.15, -0.1) is 0 Å². The molecule has 0 aliphatic carbocycles. The second kappa shape index (κ2) is 2.76. The van der Waals surface area contributed by atoms with E-state index < -0.39 is 0 Å². The lowest BCUT2D eigenvalue weighted by Crippen LogP contribution is -2.53. The highest BCUT2D eigenvalue weighted by molar-refractivity contribution is 4.88. The molecule has 1 rings (SSSR count). The Morgan fingerprint density at radius 3 is 2.09 bits per heavy atom. The predicted molar refractivity (Wildman–Crippen MR) is 46.4 cm³/mol. The summed E-state index contributed by atoms with van der Waals surface area (Å²) in [6, 6.07) is 0. The van der Waals surface area contributed by atoms with Crippen LogP contribution in [0.15, 0.2) is 0 Å². The van der Waals surface area contributed by atoms with Crippen molar-refractivity contribution >= 4 is 0 Å². The van der Waals surface area contributed by atoms with Gasteiger partial charge >= 0.3 is 0 Å². The molecule has 0 saturated carbocycles. The summed E-state index contributed by atoms with van der Waals surface area (Å²) < 4.78 is 0. The van der Waals surface area contributed by atoms with Crippen LogP contribution >= 0.6 is 0 Å². The minimum atomic E-state index is -0.140. The molecular weight excluding hydrogens is 138 g/mol. The van der Waals surface area contributed by atoms with Gasteiger partial charge in [-0.3, -0.25) is 0 Å². The maximum absolute atomic E-state index is 9.80. The van der Waals surface area contributed by atoms with E-state index in [9.17, 15) is 5.11 Å². The Morgan fingerprint density at radius 2 is 1.82 bits per heavy atom. The molecule has 0 aromatic heterocycles. The quantitative estimate of drug-likeness (QED) is 0.612. The summed E-state index contributed by atoms with van der Waals surface area (Å²) in [6.07, 6.45) is -0.140. The van der Waals surface area contributed by atoms with E-state index in [-0.39, 0.29) is 11.5 Å². The molecule has 0 amide bonds. The predicted octanol–water partition coefficient (Wildman–Crippen LogP) is 0.955. The van der Waals surface area contributed by atoms with Gasteiger partial charge in [0.1, 0.15) is 0 Å². The molecule has 1 heterocycles. The van der Waals surface area contributed by atoms with Crippen molar-refractivity contribution in [3.05, 3.63) is 0 Å². The first-order valence-corrected chi connectivity index (χ1v) is 4.28. The van der Waals surface area contributed by atoms with E-state index in [0.717, 1.165) is 13.1 Å². The molecule has 1 atom stereocenters. The Bertz CT molecular complexity index is 133. The van der Waals surface area contributed by atoms with Gasteiger partial charge < -0.3 is 10.0 Å². The molecule has 11 heavy (non-hydrogen) atoms. The molecule has 0 aromatic rings. The lowest BCUT2D eigenvalue weighted by atomic mass is 9.78. The molecule has 1 unspecified atom stereocenters. The van der Waals surface area contributed by atoms with E-state index in [0.29, 0.717) is 5.92 Å². The van der Waals surface area contributed by atoms with Crippen LogP contribution < -0.4 is 0 Å². The van der Waals surface area contributed by atoms with Crippen LogP contribution in [0.3, 0.4) is 0 Å². The summed E-state index contributed by atoms with van der Waals surface area (Å²) in [4.78, 5) is 2.24. The number of likely N-dealkylation sites (tertiary alicyclic amines) is 1. The summed E-state index contributed by atoms with van der Waals surface area (Å²) in [5, 5.41) is 9.80. The SMILES string of the molecule is CN1CC(C(O)C(C)(C)C)C1. The zero-order valence-corrected chi connectivity index (χ0v) is 7.96. The Kier molecular flexibility index (Phi) is 2.26. The van der Waals surface area contributed by atoms with Gasteiger partial charge in [-0.05, 0) is 12.5 Å². The standard InChI is InChI=1S/C9H19NO/c1-9(2,3)8(11)7-5-10(4)6-7/h7-8,11H,5-6H2,1-4H3. The third-order valence-corrected chi connectivity index (χ3v) is 2.43. The van der Waals surface area contributed by atoms with Crippen LogP contribution in [0.2, 0.25) is 0 Å². The van der Waals surface area contributed by atoms with Gasteiger partial charge in [-0.25, -0.2) is 0 Å². The number of rotatable bonds is 1. The van der Waals surface area contributed by atoms with Gasteiger partial charge in [0.2, 0.25) is 0 Å². The molecule has 1 saturated heterocycles. The van der Waals surface area contributed by atoms with Gasteiger partial charge in [0, 0.05) is 19.0 Å². The first-order chi connectivity index (χ1) is 4.91. The molecule has 0 radical (unpaired) electrons. The highest BCUT2D eigenvalue weighted by Crippen LogP contribution is 2.29. The number of hydrogen-bond donors (Lipinski definition) is 1. The van der Waals surface area contributed by atoms with Gasteiger partial charge in [-0.2, -0.15) is 0 Å². The lowest BCUT2D eigenvalue weighted by Gasteiger charge is -2.43. The Labute approximate surface area is 69.2 Å². The third-order valence-electron chi connectivity index (χ3n) is 2.43. The van der Waals surface area contributed by atoms with Gasteiger partial charge in [0.05, 0.1) is 6.10 Å². The van der Waals surface area contributed by atoms with Crippen molar-refractivity contribution in [2.24, 2.45) is 11.3 Å². The smallest absolute Gasteiger partial charge is 0.0641 e. The van der Waals surface area contributed by atoms with Crippen LogP contribution in [0.1, 0.15) is 20.8 Å². The van der Waals surface area contributed by atoms with Crippen molar-refractivity contribution in [1.82, 2.24) is 4.90 Å². The van der Waals surface area contributed by atoms with Gasteiger partial charge in [0.25, 0.3) is 0 Å². The van der Waals surface area contributed by atoms with E-state index in [1.54, 1.807) is 0 Å². The molecule has 0 aromatic carbocycles. The van der Waals surface area contributed by atoms with Crippen LogP contribution in [0.5, 0.6) is 0 Å². The van der Waals surface area contributed by atoms with Crippen LogP contribution in [0, 0.1) is 11.3 Å². The number of aliphatic hydroxyl groups is 1. The van der Waals surface area contributed by atoms with Crippen LogP contribution in [0.4, 0.5) is 0 Å². The summed E-state index contributed by atoms with van der Waals surface area (Å²) in [5.74, 6) is 0.500. The fourth-order valence-electron chi connectivity index (χ4n) is 1.65. The van der Waals surface area contributed by atoms with E-state index in [2.05, 4.69) is 32.7 Å². The Hall–Kier alpha value is -0.0800. The van der Waals surface area contributed by atoms with Crippen molar-refractivity contribution in [3.63, 3.8) is 0 Å². The lowest BCUT2D eigenvalue weighted by molar-refractivity contribution is -0.0487. The summed E-state index contributed by atoms with van der Waals surface area (Å²) in [7, 11) is 2.09. The topological polar surface area (TPSA) is 23.5 Å². The molecule has 2 heteroatoms. The largest absolute Gasteiger partial charge is 0.392 e. The average molecular weight is 157 g/mol. The minimum Gasteiger partial charge on any atom is -0.392 e. The second-order valence-electron chi connectivity index (χ2n) is 4.79.